The molecular weight excluding hydrogens is 532 g/mol. The van der Waals surface area contributed by atoms with Gasteiger partial charge in [0.05, 0.1) is 18.3 Å². The highest BCUT2D eigenvalue weighted by Crippen LogP contribution is 2.28. The molecule has 1 amide bonds. The third kappa shape index (κ3) is 9.42. The van der Waals surface area contributed by atoms with E-state index in [1.807, 2.05) is 60.8 Å². The van der Waals surface area contributed by atoms with E-state index in [0.717, 1.165) is 58.8 Å². The summed E-state index contributed by atoms with van der Waals surface area (Å²) in [6.07, 6.45) is 9.70. The lowest BCUT2D eigenvalue weighted by Gasteiger charge is -2.24. The van der Waals surface area contributed by atoms with Crippen molar-refractivity contribution >= 4 is 29.3 Å². The molecule has 0 aliphatic heterocycles. The molecule has 3 aromatic rings. The molecule has 4 rings (SSSR count). The molecule has 41 heavy (non-hydrogen) atoms. The molecule has 1 fully saturated rings. The molecule has 0 radical (unpaired) electrons. The molecule has 1 aromatic heterocycles. The topological polar surface area (TPSA) is 77.5 Å². The van der Waals surface area contributed by atoms with E-state index in [1.165, 1.54) is 6.42 Å². The van der Waals surface area contributed by atoms with Crippen molar-refractivity contribution in [3.63, 3.8) is 0 Å². The van der Waals surface area contributed by atoms with Crippen LogP contribution >= 0.6 is 11.3 Å². The largest absolute Gasteiger partial charge is 0.489 e. The highest BCUT2D eigenvalue weighted by molar-refractivity contribution is 7.09. The van der Waals surface area contributed by atoms with Crippen LogP contribution in [0, 0.1) is 5.92 Å². The van der Waals surface area contributed by atoms with Crippen LogP contribution in [0.3, 0.4) is 0 Å². The van der Waals surface area contributed by atoms with Gasteiger partial charge in [-0.2, -0.15) is 0 Å². The highest BCUT2D eigenvalue weighted by atomic mass is 32.1. The lowest BCUT2D eigenvalue weighted by atomic mass is 9.88. The minimum absolute atomic E-state index is 0.0672. The van der Waals surface area contributed by atoms with Crippen LogP contribution in [-0.2, 0) is 27.4 Å². The first kappa shape index (κ1) is 30.3. The highest BCUT2D eigenvalue weighted by Gasteiger charge is 2.25. The van der Waals surface area contributed by atoms with E-state index in [-0.39, 0.29) is 23.8 Å². The fraction of sp³-hybridized carbons (Fsp3) is 0.382. The maximum absolute atomic E-state index is 13.3. The number of nitrogens with one attached hydrogen (secondary N) is 1. The smallest absolute Gasteiger partial charge is 0.333 e. The predicted molar refractivity (Wildman–Crippen MR) is 165 cm³/mol. The molecule has 0 bridgehead atoms. The number of aromatic nitrogens is 1. The van der Waals surface area contributed by atoms with E-state index in [0.29, 0.717) is 25.2 Å². The van der Waals surface area contributed by atoms with Gasteiger partial charge in [0, 0.05) is 16.9 Å². The molecule has 1 aliphatic carbocycles. The molecule has 2 aromatic carbocycles. The van der Waals surface area contributed by atoms with E-state index in [9.17, 15) is 9.59 Å². The molecule has 1 atom stereocenters. The lowest BCUT2D eigenvalue weighted by Crippen LogP contribution is -2.35. The Hall–Kier alpha value is -3.71. The van der Waals surface area contributed by atoms with Crippen molar-refractivity contribution < 1.29 is 19.1 Å². The second kappa shape index (κ2) is 15.3. The molecule has 0 saturated heterocycles. The zero-order valence-corrected chi connectivity index (χ0v) is 25.0. The Labute approximate surface area is 247 Å². The Morgan fingerprint density at radius 2 is 1.76 bits per heavy atom. The maximum Gasteiger partial charge on any atom is 0.333 e. The molecule has 6 nitrogen and oxygen atoms in total. The molecule has 1 saturated carbocycles. The number of nitrogens with zero attached hydrogens (tertiary/aromatic N) is 1. The summed E-state index contributed by atoms with van der Waals surface area (Å²) in [6.45, 7) is 6.34. The van der Waals surface area contributed by atoms with Gasteiger partial charge in [0.2, 0.25) is 5.91 Å². The minimum atomic E-state index is -0.318. The summed E-state index contributed by atoms with van der Waals surface area (Å²) >= 11 is 1.54. The van der Waals surface area contributed by atoms with Crippen LogP contribution in [0.4, 0.5) is 0 Å². The van der Waals surface area contributed by atoms with Crippen molar-refractivity contribution in [2.24, 2.45) is 5.92 Å². The van der Waals surface area contributed by atoms with E-state index in [1.54, 1.807) is 31.3 Å². The lowest BCUT2D eigenvalue weighted by molar-refractivity contribution is -0.138. The van der Waals surface area contributed by atoms with E-state index in [4.69, 9.17) is 14.5 Å². The van der Waals surface area contributed by atoms with Gasteiger partial charge in [0.15, 0.2) is 0 Å². The SMILES string of the molecule is CCOC(=O)/C(C)=C/C(C)=C/c1csc(C(Cc2ccc(OCc3ccccc3)cc2)NC(=O)C2CCCCC2)n1. The van der Waals surface area contributed by atoms with Crippen molar-refractivity contribution in [2.75, 3.05) is 6.61 Å². The fourth-order valence-electron chi connectivity index (χ4n) is 5.00. The first-order valence-corrected chi connectivity index (χ1v) is 15.3. The van der Waals surface area contributed by atoms with Crippen molar-refractivity contribution in [1.82, 2.24) is 10.3 Å². The summed E-state index contributed by atoms with van der Waals surface area (Å²) in [4.78, 5) is 30.1. The van der Waals surface area contributed by atoms with E-state index < -0.39 is 0 Å². The number of ether oxygens (including phenoxy) is 2. The number of hydrogen-bond donors (Lipinski definition) is 1. The Morgan fingerprint density at radius 1 is 1.02 bits per heavy atom. The molecule has 1 unspecified atom stereocenters. The molecule has 1 N–H and O–H groups in total. The second-order valence-electron chi connectivity index (χ2n) is 10.6. The van der Waals surface area contributed by atoms with Gasteiger partial charge in [-0.25, -0.2) is 9.78 Å². The Kier molecular flexibility index (Phi) is 11.3. The monoisotopic (exact) mass is 572 g/mol. The van der Waals surface area contributed by atoms with E-state index >= 15 is 0 Å². The molecular formula is C34H40N2O4S. The van der Waals surface area contributed by atoms with Crippen LogP contribution in [0.5, 0.6) is 5.75 Å². The number of hydrogen-bond acceptors (Lipinski definition) is 6. The summed E-state index contributed by atoms with van der Waals surface area (Å²) in [6, 6.07) is 17.9. The number of amides is 1. The zero-order valence-electron chi connectivity index (χ0n) is 24.2. The van der Waals surface area contributed by atoms with Crippen molar-refractivity contribution in [3.05, 3.63) is 99.0 Å². The number of benzene rings is 2. The number of esters is 1. The minimum Gasteiger partial charge on any atom is -0.489 e. The summed E-state index contributed by atoms with van der Waals surface area (Å²) in [7, 11) is 0. The maximum atomic E-state index is 13.3. The summed E-state index contributed by atoms with van der Waals surface area (Å²) in [5.41, 5.74) is 4.48. The quantitative estimate of drug-likeness (QED) is 0.137. The standard InChI is InChI=1S/C34H40N2O4S/c1-4-39-34(38)25(3)19-24(2)20-29-23-41-33(35-29)31(36-32(37)28-13-9-6-10-14-28)21-26-15-17-30(18-16-26)40-22-27-11-7-5-8-12-27/h5,7-8,11-12,15-20,23,28,31H,4,6,9-10,13-14,21-22H2,1-3H3,(H,36,37)/b24-20+,25-19+. The van der Waals surface area contributed by atoms with Crippen LogP contribution in [0.2, 0.25) is 0 Å². The Morgan fingerprint density at radius 3 is 2.46 bits per heavy atom. The Bertz CT molecular complexity index is 1340. The normalized spacial score (nSPS) is 15.3. The van der Waals surface area contributed by atoms with Gasteiger partial charge in [-0.15, -0.1) is 11.3 Å². The molecule has 1 heterocycles. The number of carbonyl (C=O) groups is 2. The summed E-state index contributed by atoms with van der Waals surface area (Å²) < 4.78 is 11.0. The van der Waals surface area contributed by atoms with Gasteiger partial charge in [0.1, 0.15) is 17.4 Å². The van der Waals surface area contributed by atoms with Gasteiger partial charge < -0.3 is 14.8 Å². The molecule has 1 aliphatic rings. The van der Waals surface area contributed by atoms with Gasteiger partial charge in [0.25, 0.3) is 0 Å². The van der Waals surface area contributed by atoms with Gasteiger partial charge in [-0.05, 0) is 81.0 Å². The molecule has 7 heteroatoms. The fourth-order valence-corrected chi connectivity index (χ4v) is 5.83. The van der Waals surface area contributed by atoms with E-state index in [2.05, 4.69) is 17.4 Å². The average molecular weight is 573 g/mol. The van der Waals surface area contributed by atoms with Crippen molar-refractivity contribution in [2.45, 2.75) is 71.9 Å². The average Bonchev–Trinajstić information content (AvgIpc) is 3.45. The number of allylic oxidation sites excluding steroid dienone is 2. The third-order valence-corrected chi connectivity index (χ3v) is 8.14. The Balaban J connectivity index is 1.47. The molecule has 0 spiro atoms. The summed E-state index contributed by atoms with van der Waals surface area (Å²) in [5, 5.41) is 6.18. The van der Waals surface area contributed by atoms with Gasteiger partial charge >= 0.3 is 5.97 Å². The van der Waals surface area contributed by atoms with Crippen LogP contribution in [0.25, 0.3) is 6.08 Å². The number of carbonyl (C=O) groups excluding carboxylic acids is 2. The van der Waals surface area contributed by atoms with Crippen LogP contribution in [0.15, 0.2) is 77.2 Å². The van der Waals surface area contributed by atoms with Gasteiger partial charge in [-0.1, -0.05) is 61.7 Å². The summed E-state index contributed by atoms with van der Waals surface area (Å²) in [5.74, 6) is 0.677. The first-order chi connectivity index (χ1) is 19.9. The third-order valence-electron chi connectivity index (χ3n) is 7.16. The zero-order chi connectivity index (χ0) is 29.0. The number of thiazole rings is 1. The van der Waals surface area contributed by atoms with Crippen molar-refractivity contribution in [1.29, 1.82) is 0 Å². The molecule has 216 valence electrons. The van der Waals surface area contributed by atoms with Gasteiger partial charge in [-0.3, -0.25) is 4.79 Å². The van der Waals surface area contributed by atoms with Crippen LogP contribution in [0.1, 0.15) is 80.7 Å². The van der Waals surface area contributed by atoms with Crippen molar-refractivity contribution in [3.8, 4) is 5.75 Å². The second-order valence-corrected chi connectivity index (χ2v) is 11.5. The van der Waals surface area contributed by atoms with Crippen LogP contribution in [-0.4, -0.2) is 23.5 Å². The van der Waals surface area contributed by atoms with Crippen LogP contribution < -0.4 is 10.1 Å². The first-order valence-electron chi connectivity index (χ1n) is 14.5. The predicted octanol–water partition coefficient (Wildman–Crippen LogP) is 7.62. The number of rotatable bonds is 12.